The van der Waals surface area contributed by atoms with Gasteiger partial charge in [-0.2, -0.15) is 0 Å². The minimum Gasteiger partial charge on any atom is -0.455 e. The van der Waals surface area contributed by atoms with Crippen molar-refractivity contribution in [2.75, 3.05) is 0 Å². The Morgan fingerprint density at radius 2 is 0.828 bits per heavy atom. The summed E-state index contributed by atoms with van der Waals surface area (Å²) in [5.74, 6) is 2.39. The summed E-state index contributed by atoms with van der Waals surface area (Å²) in [5, 5.41) is 2.08. The van der Waals surface area contributed by atoms with Gasteiger partial charge in [0.2, 0.25) is 0 Å². The van der Waals surface area contributed by atoms with Crippen LogP contribution in [-0.2, 0) is 5.41 Å². The van der Waals surface area contributed by atoms with Crippen LogP contribution in [0, 0.1) is 0 Å². The van der Waals surface area contributed by atoms with Gasteiger partial charge in [0.05, 0.1) is 17.0 Å². The molecule has 6 nitrogen and oxygen atoms in total. The minimum atomic E-state index is -0.127. The van der Waals surface area contributed by atoms with Gasteiger partial charge in [0.1, 0.15) is 11.2 Å². The van der Waals surface area contributed by atoms with Crippen LogP contribution in [0.5, 0.6) is 0 Å². The molecule has 0 spiro atoms. The number of nitrogens with zero attached hydrogens (tertiary/aromatic N) is 5. The van der Waals surface area contributed by atoms with E-state index in [0.717, 1.165) is 77.8 Å². The van der Waals surface area contributed by atoms with E-state index in [2.05, 4.69) is 135 Å². The Hall–Kier alpha value is -8.35. The summed E-state index contributed by atoms with van der Waals surface area (Å²) < 4.78 is 6.45. The SMILES string of the molecule is CC1(C)c2ccccc2-c2ccc(-c3cc(-c4cccc(-c5cccc(-c6nc(-c7ccccc7)nc(-c7cccc8c7oc7ccccc78)n6)c5)c4)nc(-c4ccccc4)n3)cc21. The quantitative estimate of drug-likeness (QED) is 0.159. The summed E-state index contributed by atoms with van der Waals surface area (Å²) in [6.45, 7) is 4.63. The van der Waals surface area contributed by atoms with Gasteiger partial charge >= 0.3 is 0 Å². The second-order valence-electron chi connectivity index (χ2n) is 16.9. The molecule has 0 N–H and O–H groups in total. The van der Waals surface area contributed by atoms with E-state index >= 15 is 0 Å². The van der Waals surface area contributed by atoms with Crippen molar-refractivity contribution in [3.05, 3.63) is 211 Å². The van der Waals surface area contributed by atoms with Crippen molar-refractivity contribution < 1.29 is 4.42 Å². The van der Waals surface area contributed by atoms with Gasteiger partial charge in [-0.3, -0.25) is 0 Å². The molecule has 1 aliphatic rings. The molecule has 3 heterocycles. The van der Waals surface area contributed by atoms with Crippen LogP contribution in [0.15, 0.2) is 205 Å². The molecule has 6 heteroatoms. The zero-order chi connectivity index (χ0) is 42.8. The Kier molecular flexibility index (Phi) is 8.73. The van der Waals surface area contributed by atoms with Gasteiger partial charge in [-0.25, -0.2) is 24.9 Å². The van der Waals surface area contributed by atoms with Crippen molar-refractivity contribution in [2.45, 2.75) is 19.3 Å². The average Bonchev–Trinajstić information content (AvgIpc) is 3.86. The second kappa shape index (κ2) is 14.9. The van der Waals surface area contributed by atoms with Crippen molar-refractivity contribution in [1.29, 1.82) is 0 Å². The lowest BCUT2D eigenvalue weighted by Gasteiger charge is -2.22. The molecule has 8 aromatic carbocycles. The lowest BCUT2D eigenvalue weighted by atomic mass is 9.82. The summed E-state index contributed by atoms with van der Waals surface area (Å²) in [6, 6.07) is 69.1. The van der Waals surface area contributed by atoms with Crippen molar-refractivity contribution in [3.8, 4) is 90.3 Å². The average molecular weight is 822 g/mol. The Morgan fingerprint density at radius 1 is 0.328 bits per heavy atom. The number of hydrogen-bond acceptors (Lipinski definition) is 6. The normalized spacial score (nSPS) is 12.7. The maximum Gasteiger partial charge on any atom is 0.167 e. The number of aromatic nitrogens is 5. The molecule has 3 aromatic heterocycles. The number of fused-ring (bicyclic) bond motifs is 6. The molecule has 302 valence electrons. The molecule has 0 saturated heterocycles. The van der Waals surface area contributed by atoms with Crippen LogP contribution in [0.25, 0.3) is 112 Å². The van der Waals surface area contributed by atoms with Crippen LogP contribution in [0.2, 0.25) is 0 Å². The second-order valence-corrected chi connectivity index (χ2v) is 16.9. The van der Waals surface area contributed by atoms with E-state index < -0.39 is 0 Å². The molecule has 0 unspecified atom stereocenters. The first-order valence-electron chi connectivity index (χ1n) is 21.6. The van der Waals surface area contributed by atoms with E-state index in [-0.39, 0.29) is 5.41 Å². The monoisotopic (exact) mass is 821 g/mol. The highest BCUT2D eigenvalue weighted by Crippen LogP contribution is 2.49. The van der Waals surface area contributed by atoms with E-state index in [1.807, 2.05) is 78.9 Å². The minimum absolute atomic E-state index is 0.127. The summed E-state index contributed by atoms with van der Waals surface area (Å²) in [5.41, 5.74) is 16.1. The summed E-state index contributed by atoms with van der Waals surface area (Å²) >= 11 is 0. The third-order valence-corrected chi connectivity index (χ3v) is 12.6. The van der Waals surface area contributed by atoms with Crippen molar-refractivity contribution >= 4 is 21.9 Å². The Bertz CT molecular complexity index is 3590. The number of para-hydroxylation sites is 2. The molecular weight excluding hydrogens is 783 g/mol. The number of hydrogen-bond donors (Lipinski definition) is 0. The highest BCUT2D eigenvalue weighted by atomic mass is 16.3. The third kappa shape index (κ3) is 6.38. The fourth-order valence-corrected chi connectivity index (χ4v) is 9.28. The van der Waals surface area contributed by atoms with Crippen molar-refractivity contribution in [2.24, 2.45) is 0 Å². The third-order valence-electron chi connectivity index (χ3n) is 12.6. The maximum atomic E-state index is 6.45. The zero-order valence-corrected chi connectivity index (χ0v) is 35.2. The van der Waals surface area contributed by atoms with Gasteiger partial charge in [-0.05, 0) is 69.8 Å². The van der Waals surface area contributed by atoms with Gasteiger partial charge in [-0.1, -0.05) is 178 Å². The zero-order valence-electron chi connectivity index (χ0n) is 35.2. The fraction of sp³-hybridized carbons (Fsp3) is 0.0517. The molecule has 0 radical (unpaired) electrons. The van der Waals surface area contributed by atoms with Gasteiger partial charge in [0, 0.05) is 44.0 Å². The smallest absolute Gasteiger partial charge is 0.167 e. The predicted octanol–water partition coefficient (Wildman–Crippen LogP) is 14.5. The Labute approximate surface area is 370 Å². The first kappa shape index (κ1) is 37.4. The van der Waals surface area contributed by atoms with Crippen LogP contribution in [0.1, 0.15) is 25.0 Å². The fourth-order valence-electron chi connectivity index (χ4n) is 9.28. The molecule has 0 aliphatic heterocycles. The highest BCUT2D eigenvalue weighted by Gasteiger charge is 2.35. The van der Waals surface area contributed by atoms with Gasteiger partial charge < -0.3 is 4.42 Å². The van der Waals surface area contributed by atoms with Gasteiger partial charge in [0.25, 0.3) is 0 Å². The van der Waals surface area contributed by atoms with Crippen molar-refractivity contribution in [1.82, 2.24) is 24.9 Å². The maximum absolute atomic E-state index is 6.45. The molecular formula is C58H39N5O. The largest absolute Gasteiger partial charge is 0.455 e. The van der Waals surface area contributed by atoms with Crippen LogP contribution >= 0.6 is 0 Å². The first-order valence-corrected chi connectivity index (χ1v) is 21.6. The predicted molar refractivity (Wildman–Crippen MR) is 258 cm³/mol. The number of benzene rings is 8. The topological polar surface area (TPSA) is 77.6 Å². The Balaban J connectivity index is 0.953. The molecule has 11 aromatic rings. The van der Waals surface area contributed by atoms with Crippen molar-refractivity contribution in [3.63, 3.8) is 0 Å². The first-order chi connectivity index (χ1) is 31.4. The Morgan fingerprint density at radius 3 is 1.58 bits per heavy atom. The summed E-state index contributed by atoms with van der Waals surface area (Å²) in [7, 11) is 0. The lowest BCUT2D eigenvalue weighted by Crippen LogP contribution is -2.14. The standard InChI is InChI=1S/C58H39N5O/c1-58(2)48-28-11-9-24-43(48)44-31-30-41(34-49(44)58)51-35-50(59-54(60-51)36-16-5-3-6-17-36)40-22-13-20-38(32-40)39-21-14-23-42(33-39)56-61-55(37-18-7-4-8-19-37)62-57(63-56)47-27-15-26-46-45-25-10-12-29-52(45)64-53(46)47/h3-35H,1-2H3. The lowest BCUT2D eigenvalue weighted by molar-refractivity contribution is 0.660. The molecule has 0 saturated carbocycles. The molecule has 0 bridgehead atoms. The van der Waals surface area contributed by atoms with E-state index in [9.17, 15) is 0 Å². The molecule has 12 rings (SSSR count). The van der Waals surface area contributed by atoms with Gasteiger partial charge in [0.15, 0.2) is 23.3 Å². The van der Waals surface area contributed by atoms with Crippen LogP contribution in [-0.4, -0.2) is 24.9 Å². The molecule has 0 atom stereocenters. The summed E-state index contributed by atoms with van der Waals surface area (Å²) in [6.07, 6.45) is 0. The van der Waals surface area contributed by atoms with E-state index in [4.69, 9.17) is 29.3 Å². The van der Waals surface area contributed by atoms with Crippen LogP contribution in [0.3, 0.4) is 0 Å². The molecule has 1 aliphatic carbocycles. The van der Waals surface area contributed by atoms with E-state index in [1.165, 1.54) is 22.3 Å². The number of furan rings is 1. The van der Waals surface area contributed by atoms with E-state index in [1.54, 1.807) is 0 Å². The van der Waals surface area contributed by atoms with Gasteiger partial charge in [-0.15, -0.1) is 0 Å². The van der Waals surface area contributed by atoms with Crippen LogP contribution in [0.4, 0.5) is 0 Å². The van der Waals surface area contributed by atoms with E-state index in [0.29, 0.717) is 23.3 Å². The molecule has 64 heavy (non-hydrogen) atoms. The molecule has 0 amide bonds. The van der Waals surface area contributed by atoms with Crippen LogP contribution < -0.4 is 0 Å². The molecule has 0 fully saturated rings. The summed E-state index contributed by atoms with van der Waals surface area (Å²) in [4.78, 5) is 25.7. The number of rotatable bonds is 7. The highest BCUT2D eigenvalue weighted by molar-refractivity contribution is 6.09.